The number of aryl methyl sites for hydroxylation is 1. The molecule has 2 N–H and O–H groups in total. The van der Waals surface area contributed by atoms with Crippen LogP contribution in [0.1, 0.15) is 36.7 Å². The van der Waals surface area contributed by atoms with E-state index in [2.05, 4.69) is 22.7 Å². The molecule has 5 nitrogen and oxygen atoms in total. The molecule has 26 heavy (non-hydrogen) atoms. The summed E-state index contributed by atoms with van der Waals surface area (Å²) in [7, 11) is 0. The lowest BCUT2D eigenvalue weighted by molar-refractivity contribution is -0.121. The molecule has 0 aliphatic carbocycles. The number of carbonyl (C=O) groups is 1. The van der Waals surface area contributed by atoms with E-state index in [4.69, 9.17) is 0 Å². The summed E-state index contributed by atoms with van der Waals surface area (Å²) in [5.41, 5.74) is 3.46. The molecule has 0 bridgehead atoms. The number of nitrogens with one attached hydrogen (secondary N) is 2. The number of benzene rings is 1. The molecular formula is C19H26ClFN4O. The fraction of sp³-hybridized carbons (Fsp3) is 0.474. The predicted molar refractivity (Wildman–Crippen MR) is 103 cm³/mol. The van der Waals surface area contributed by atoms with Crippen LogP contribution in [0.5, 0.6) is 0 Å². The van der Waals surface area contributed by atoms with Gasteiger partial charge in [0.25, 0.3) is 0 Å². The second-order valence-electron chi connectivity index (χ2n) is 6.77. The Balaban J connectivity index is 0.00000243. The Hall–Kier alpha value is -1.92. The topological polar surface area (TPSA) is 59.0 Å². The van der Waals surface area contributed by atoms with E-state index in [-0.39, 0.29) is 30.2 Å². The number of amides is 1. The minimum Gasteiger partial charge on any atom is -0.352 e. The summed E-state index contributed by atoms with van der Waals surface area (Å²) in [4.78, 5) is 12.5. The molecular weight excluding hydrogens is 355 g/mol. The lowest BCUT2D eigenvalue weighted by atomic mass is 9.99. The van der Waals surface area contributed by atoms with Crippen molar-refractivity contribution in [2.75, 3.05) is 6.54 Å². The van der Waals surface area contributed by atoms with Gasteiger partial charge in [-0.05, 0) is 64.4 Å². The molecule has 1 aliphatic rings. The number of hydrogen-bond acceptors (Lipinski definition) is 3. The van der Waals surface area contributed by atoms with Crippen molar-refractivity contribution in [1.82, 2.24) is 20.4 Å². The van der Waals surface area contributed by atoms with Gasteiger partial charge in [-0.15, -0.1) is 12.4 Å². The van der Waals surface area contributed by atoms with Crippen molar-refractivity contribution >= 4 is 18.3 Å². The first-order chi connectivity index (χ1) is 12.0. The van der Waals surface area contributed by atoms with Crippen molar-refractivity contribution in [3.05, 3.63) is 47.0 Å². The van der Waals surface area contributed by atoms with Gasteiger partial charge in [0.2, 0.25) is 5.91 Å². The van der Waals surface area contributed by atoms with Crippen LogP contribution >= 0.6 is 12.4 Å². The van der Waals surface area contributed by atoms with E-state index in [0.29, 0.717) is 12.5 Å². The number of carbonyl (C=O) groups excluding carboxylic acids is 1. The number of hydrogen-bond donors (Lipinski definition) is 2. The van der Waals surface area contributed by atoms with E-state index in [1.54, 1.807) is 16.8 Å². The van der Waals surface area contributed by atoms with Crippen LogP contribution in [-0.2, 0) is 11.2 Å². The maximum atomic E-state index is 13.1. The van der Waals surface area contributed by atoms with Crippen molar-refractivity contribution in [3.8, 4) is 5.69 Å². The standard InChI is InChI=1S/C19H25FN4O.ClH/c1-12-17(11-19(25)22-18-5-4-10-21-13(18)2)14(3)24(23-12)16-8-6-15(20)7-9-16;/h6-9,13,18,21H,4-5,10-11H2,1-3H3,(H,22,25);1H. The summed E-state index contributed by atoms with van der Waals surface area (Å²) in [6.07, 6.45) is 2.39. The number of aromatic nitrogens is 2. The molecule has 142 valence electrons. The smallest absolute Gasteiger partial charge is 0.224 e. The van der Waals surface area contributed by atoms with Gasteiger partial charge in [0.15, 0.2) is 0 Å². The average Bonchev–Trinajstić information content (AvgIpc) is 2.86. The van der Waals surface area contributed by atoms with Crippen LogP contribution < -0.4 is 10.6 Å². The highest BCUT2D eigenvalue weighted by molar-refractivity contribution is 5.85. The van der Waals surface area contributed by atoms with E-state index in [9.17, 15) is 9.18 Å². The first-order valence-electron chi connectivity index (χ1n) is 8.79. The number of piperidine rings is 1. The molecule has 3 rings (SSSR count). The van der Waals surface area contributed by atoms with Crippen LogP contribution in [0, 0.1) is 19.7 Å². The van der Waals surface area contributed by atoms with Crippen LogP contribution in [0.15, 0.2) is 24.3 Å². The third-order valence-electron chi connectivity index (χ3n) is 4.96. The minimum absolute atomic E-state index is 0. The van der Waals surface area contributed by atoms with Gasteiger partial charge >= 0.3 is 0 Å². The lowest BCUT2D eigenvalue weighted by Crippen LogP contribution is -2.52. The van der Waals surface area contributed by atoms with Crippen molar-refractivity contribution in [1.29, 1.82) is 0 Å². The molecule has 2 unspecified atom stereocenters. The quantitative estimate of drug-likeness (QED) is 0.857. The van der Waals surface area contributed by atoms with Crippen LogP contribution in [0.25, 0.3) is 5.69 Å². The molecule has 0 spiro atoms. The molecule has 0 saturated carbocycles. The molecule has 1 fully saturated rings. The van der Waals surface area contributed by atoms with Crippen molar-refractivity contribution in [2.45, 2.75) is 52.1 Å². The third kappa shape index (κ3) is 4.43. The molecule has 0 radical (unpaired) electrons. The number of rotatable bonds is 4. The first-order valence-corrected chi connectivity index (χ1v) is 8.79. The van der Waals surface area contributed by atoms with E-state index in [1.807, 2.05) is 13.8 Å². The van der Waals surface area contributed by atoms with Gasteiger partial charge in [0.1, 0.15) is 5.82 Å². The summed E-state index contributed by atoms with van der Waals surface area (Å²) < 4.78 is 14.9. The Morgan fingerprint density at radius 1 is 1.35 bits per heavy atom. The van der Waals surface area contributed by atoms with E-state index < -0.39 is 0 Å². The highest BCUT2D eigenvalue weighted by Gasteiger charge is 2.23. The van der Waals surface area contributed by atoms with E-state index >= 15 is 0 Å². The summed E-state index contributed by atoms with van der Waals surface area (Å²) in [5.74, 6) is -0.259. The molecule has 2 aromatic rings. The zero-order valence-corrected chi connectivity index (χ0v) is 16.2. The fourth-order valence-corrected chi connectivity index (χ4v) is 3.42. The van der Waals surface area contributed by atoms with Gasteiger partial charge in [0.05, 0.1) is 17.8 Å². The maximum absolute atomic E-state index is 13.1. The normalized spacial score (nSPS) is 19.7. The summed E-state index contributed by atoms with van der Waals surface area (Å²) >= 11 is 0. The zero-order valence-electron chi connectivity index (χ0n) is 15.4. The van der Waals surface area contributed by atoms with Gasteiger partial charge in [-0.25, -0.2) is 9.07 Å². The van der Waals surface area contributed by atoms with E-state index in [0.717, 1.165) is 42.0 Å². The van der Waals surface area contributed by atoms with Crippen LogP contribution in [0.4, 0.5) is 4.39 Å². The molecule has 1 aliphatic heterocycles. The van der Waals surface area contributed by atoms with Crippen LogP contribution in [0.2, 0.25) is 0 Å². The predicted octanol–water partition coefficient (Wildman–Crippen LogP) is 2.85. The van der Waals surface area contributed by atoms with Gasteiger partial charge in [-0.2, -0.15) is 5.10 Å². The molecule has 2 heterocycles. The Kier molecular flexibility index (Phi) is 6.78. The second kappa shape index (κ2) is 8.64. The molecule has 2 atom stereocenters. The Labute approximate surface area is 159 Å². The Bertz CT molecular complexity index is 760. The average molecular weight is 381 g/mol. The molecule has 7 heteroatoms. The maximum Gasteiger partial charge on any atom is 0.224 e. The summed E-state index contributed by atoms with van der Waals surface area (Å²) in [5, 5.41) is 11.1. The third-order valence-corrected chi connectivity index (χ3v) is 4.96. The van der Waals surface area contributed by atoms with Gasteiger partial charge in [0, 0.05) is 23.3 Å². The highest BCUT2D eigenvalue weighted by atomic mass is 35.5. The fourth-order valence-electron chi connectivity index (χ4n) is 3.42. The van der Waals surface area contributed by atoms with Gasteiger partial charge in [-0.3, -0.25) is 4.79 Å². The zero-order chi connectivity index (χ0) is 18.0. The van der Waals surface area contributed by atoms with Crippen molar-refractivity contribution < 1.29 is 9.18 Å². The summed E-state index contributed by atoms with van der Waals surface area (Å²) in [6, 6.07) is 6.67. The Morgan fingerprint density at radius 3 is 2.69 bits per heavy atom. The molecule has 1 saturated heterocycles. The lowest BCUT2D eigenvalue weighted by Gasteiger charge is -2.30. The van der Waals surface area contributed by atoms with E-state index in [1.165, 1.54) is 12.1 Å². The van der Waals surface area contributed by atoms with Gasteiger partial charge in [-0.1, -0.05) is 0 Å². The highest BCUT2D eigenvalue weighted by Crippen LogP contribution is 2.19. The van der Waals surface area contributed by atoms with Crippen molar-refractivity contribution in [2.24, 2.45) is 0 Å². The first kappa shape index (κ1) is 20.4. The number of halogens is 2. The molecule has 1 aromatic carbocycles. The molecule has 1 aromatic heterocycles. The van der Waals surface area contributed by atoms with Gasteiger partial charge < -0.3 is 10.6 Å². The monoisotopic (exact) mass is 380 g/mol. The molecule has 1 amide bonds. The summed E-state index contributed by atoms with van der Waals surface area (Å²) in [6.45, 7) is 6.96. The van der Waals surface area contributed by atoms with Crippen LogP contribution in [0.3, 0.4) is 0 Å². The SMILES string of the molecule is Cc1nn(-c2ccc(F)cc2)c(C)c1CC(=O)NC1CCCNC1C.Cl. The van der Waals surface area contributed by atoms with Crippen LogP contribution in [-0.4, -0.2) is 34.3 Å². The number of nitrogens with zero attached hydrogens (tertiary/aromatic N) is 2. The largest absolute Gasteiger partial charge is 0.352 e. The minimum atomic E-state index is -0.278. The second-order valence-corrected chi connectivity index (χ2v) is 6.77. The van der Waals surface area contributed by atoms with Crippen molar-refractivity contribution in [3.63, 3.8) is 0 Å². The Morgan fingerprint density at radius 2 is 2.04 bits per heavy atom.